The van der Waals surface area contributed by atoms with Crippen LogP contribution < -0.4 is 20.1 Å². The Hall–Kier alpha value is -3.11. The van der Waals surface area contributed by atoms with Crippen LogP contribution in [0.2, 0.25) is 0 Å². The van der Waals surface area contributed by atoms with Crippen LogP contribution >= 0.6 is 0 Å². The largest absolute Gasteiger partial charge is 0.497 e. The van der Waals surface area contributed by atoms with Gasteiger partial charge in [-0.05, 0) is 29.8 Å². The van der Waals surface area contributed by atoms with Crippen molar-refractivity contribution in [2.45, 2.75) is 11.4 Å². The molecule has 0 spiro atoms. The highest BCUT2D eigenvalue weighted by molar-refractivity contribution is 7.89. The van der Waals surface area contributed by atoms with Gasteiger partial charge in [0.1, 0.15) is 11.5 Å². The summed E-state index contributed by atoms with van der Waals surface area (Å²) < 4.78 is 35.5. The van der Waals surface area contributed by atoms with Crippen LogP contribution in [0.1, 0.15) is 5.56 Å². The first-order valence-electron chi connectivity index (χ1n) is 8.51. The van der Waals surface area contributed by atoms with Gasteiger partial charge in [-0.1, -0.05) is 12.1 Å². The van der Waals surface area contributed by atoms with Crippen LogP contribution in [0.3, 0.4) is 0 Å². The van der Waals surface area contributed by atoms with Crippen molar-refractivity contribution in [2.75, 3.05) is 33.6 Å². The quantitative estimate of drug-likeness (QED) is 0.650. The maximum atomic E-state index is 12.2. The number of ether oxygens (including phenoxy) is 2. The number of nitrogens with zero attached hydrogens (tertiary/aromatic N) is 1. The second-order valence-corrected chi connectivity index (χ2v) is 8.29. The number of hydrogen-bond donors (Lipinski definition) is 2. The van der Waals surface area contributed by atoms with Gasteiger partial charge in [-0.2, -0.15) is 0 Å². The molecule has 2 N–H and O–H groups in total. The summed E-state index contributed by atoms with van der Waals surface area (Å²) >= 11 is 0. The molecule has 0 radical (unpaired) electrons. The second kappa shape index (κ2) is 9.39. The summed E-state index contributed by atoms with van der Waals surface area (Å²) in [5.74, 6) is -0.845. The van der Waals surface area contributed by atoms with Crippen molar-refractivity contribution in [2.24, 2.45) is 0 Å². The highest BCUT2D eigenvalue weighted by Gasteiger charge is 2.18. The first kappa shape index (κ1) is 22.2. The highest BCUT2D eigenvalue weighted by Crippen LogP contribution is 2.28. The Labute approximate surface area is 169 Å². The van der Waals surface area contributed by atoms with Crippen molar-refractivity contribution in [1.82, 2.24) is 9.62 Å². The lowest BCUT2D eigenvalue weighted by Crippen LogP contribution is -2.35. The molecular weight excluding hydrogens is 398 g/mol. The molecule has 0 saturated heterocycles. The van der Waals surface area contributed by atoms with E-state index >= 15 is 0 Å². The molecule has 0 bridgehead atoms. The normalized spacial score (nSPS) is 11.1. The first-order valence-corrected chi connectivity index (χ1v) is 9.95. The summed E-state index contributed by atoms with van der Waals surface area (Å²) in [5, 5.41) is 4.96. The zero-order chi connectivity index (χ0) is 21.6. The molecule has 0 aliphatic heterocycles. The van der Waals surface area contributed by atoms with Crippen molar-refractivity contribution in [3.8, 4) is 11.5 Å². The predicted octanol–water partition coefficient (Wildman–Crippen LogP) is 1.21. The number of nitrogens with one attached hydrogen (secondary N) is 2. The minimum atomic E-state index is -3.53. The van der Waals surface area contributed by atoms with E-state index < -0.39 is 21.8 Å². The Bertz CT molecular complexity index is 988. The molecule has 156 valence electrons. The molecule has 0 atom stereocenters. The molecular formula is C19H23N3O6S. The number of carbonyl (C=O) groups excluding carboxylic acids is 2. The third-order valence-electron chi connectivity index (χ3n) is 4.02. The van der Waals surface area contributed by atoms with Gasteiger partial charge in [0.25, 0.3) is 0 Å². The number of anilines is 1. The topological polar surface area (TPSA) is 114 Å². The molecule has 0 fully saturated rings. The van der Waals surface area contributed by atoms with Gasteiger partial charge in [0.2, 0.25) is 10.0 Å². The summed E-state index contributed by atoms with van der Waals surface area (Å²) in [6, 6.07) is 10.8. The zero-order valence-corrected chi connectivity index (χ0v) is 17.4. The number of methoxy groups -OCH3 is 2. The minimum Gasteiger partial charge on any atom is -0.497 e. The summed E-state index contributed by atoms with van der Waals surface area (Å²) in [6.45, 7) is 0.0593. The fourth-order valence-electron chi connectivity index (χ4n) is 2.34. The van der Waals surface area contributed by atoms with Gasteiger partial charge in [-0.25, -0.2) is 12.7 Å². The van der Waals surface area contributed by atoms with Gasteiger partial charge in [0.15, 0.2) is 0 Å². The van der Waals surface area contributed by atoms with E-state index in [2.05, 4.69) is 10.6 Å². The number of amides is 2. The standard InChI is InChI=1S/C19H23N3O6S/c1-22(2)29(25,26)15-8-5-13(6-9-15)12-20-18(23)19(24)21-16-11-14(27-3)7-10-17(16)28-4/h5-11H,12H2,1-4H3,(H,20,23)(H,21,24). The lowest BCUT2D eigenvalue weighted by molar-refractivity contribution is -0.136. The molecule has 2 aromatic carbocycles. The Kier molecular flexibility index (Phi) is 7.18. The van der Waals surface area contributed by atoms with E-state index in [1.807, 2.05) is 0 Å². The fraction of sp³-hybridized carbons (Fsp3) is 0.263. The van der Waals surface area contributed by atoms with Gasteiger partial charge < -0.3 is 20.1 Å². The molecule has 2 amide bonds. The van der Waals surface area contributed by atoms with Crippen LogP contribution in [0.4, 0.5) is 5.69 Å². The molecule has 29 heavy (non-hydrogen) atoms. The van der Waals surface area contributed by atoms with Crippen LogP contribution in [0, 0.1) is 0 Å². The van der Waals surface area contributed by atoms with Gasteiger partial charge in [-0.15, -0.1) is 0 Å². The van der Waals surface area contributed by atoms with E-state index in [0.29, 0.717) is 22.7 Å². The maximum Gasteiger partial charge on any atom is 0.313 e. The summed E-state index contributed by atoms with van der Waals surface area (Å²) in [4.78, 5) is 24.4. The molecule has 9 nitrogen and oxygen atoms in total. The van der Waals surface area contributed by atoms with Crippen molar-refractivity contribution < 1.29 is 27.5 Å². The van der Waals surface area contributed by atoms with Crippen molar-refractivity contribution in [3.63, 3.8) is 0 Å². The average molecular weight is 421 g/mol. The van der Waals surface area contributed by atoms with E-state index in [-0.39, 0.29) is 11.4 Å². The van der Waals surface area contributed by atoms with Crippen molar-refractivity contribution >= 4 is 27.5 Å². The predicted molar refractivity (Wildman–Crippen MR) is 107 cm³/mol. The van der Waals surface area contributed by atoms with E-state index in [9.17, 15) is 18.0 Å². The van der Waals surface area contributed by atoms with E-state index in [1.54, 1.807) is 24.3 Å². The number of sulfonamides is 1. The smallest absolute Gasteiger partial charge is 0.313 e. The molecule has 0 aromatic heterocycles. The van der Waals surface area contributed by atoms with Crippen molar-refractivity contribution in [1.29, 1.82) is 0 Å². The van der Waals surface area contributed by atoms with Crippen LogP contribution in [-0.4, -0.2) is 52.9 Å². The van der Waals surface area contributed by atoms with Gasteiger partial charge in [0.05, 0.1) is 24.8 Å². The summed E-state index contributed by atoms with van der Waals surface area (Å²) in [5.41, 5.74) is 0.938. The molecule has 0 aliphatic carbocycles. The Morgan fingerprint density at radius 1 is 0.966 bits per heavy atom. The molecule has 0 unspecified atom stereocenters. The lowest BCUT2D eigenvalue weighted by Gasteiger charge is -2.12. The summed E-state index contributed by atoms with van der Waals surface area (Å²) in [6.07, 6.45) is 0. The molecule has 0 heterocycles. The number of hydrogen-bond acceptors (Lipinski definition) is 6. The molecule has 2 aromatic rings. The Morgan fingerprint density at radius 2 is 1.62 bits per heavy atom. The number of benzene rings is 2. The zero-order valence-electron chi connectivity index (χ0n) is 16.6. The Balaban J connectivity index is 2.00. The van der Waals surface area contributed by atoms with E-state index in [4.69, 9.17) is 9.47 Å². The Morgan fingerprint density at radius 3 is 2.17 bits per heavy atom. The van der Waals surface area contributed by atoms with Crippen LogP contribution in [0.5, 0.6) is 11.5 Å². The van der Waals surface area contributed by atoms with Gasteiger partial charge >= 0.3 is 11.8 Å². The summed E-state index contributed by atoms with van der Waals surface area (Å²) in [7, 11) is 2.29. The monoisotopic (exact) mass is 421 g/mol. The second-order valence-electron chi connectivity index (χ2n) is 6.13. The number of carbonyl (C=O) groups is 2. The average Bonchev–Trinajstić information content (AvgIpc) is 2.71. The third kappa shape index (κ3) is 5.46. The van der Waals surface area contributed by atoms with Crippen molar-refractivity contribution in [3.05, 3.63) is 48.0 Å². The number of rotatable bonds is 7. The molecule has 0 saturated carbocycles. The molecule has 2 rings (SSSR count). The fourth-order valence-corrected chi connectivity index (χ4v) is 3.25. The molecule has 0 aliphatic rings. The van der Waals surface area contributed by atoms with Gasteiger partial charge in [0, 0.05) is 26.7 Å². The van der Waals surface area contributed by atoms with Crippen LogP contribution in [-0.2, 0) is 26.2 Å². The third-order valence-corrected chi connectivity index (χ3v) is 5.85. The SMILES string of the molecule is COc1ccc(OC)c(NC(=O)C(=O)NCc2ccc(S(=O)(=O)N(C)C)cc2)c1. The molecule has 10 heteroatoms. The lowest BCUT2D eigenvalue weighted by atomic mass is 10.2. The first-order chi connectivity index (χ1) is 13.7. The van der Waals surface area contributed by atoms with E-state index in [0.717, 1.165) is 4.31 Å². The van der Waals surface area contributed by atoms with Crippen LogP contribution in [0.25, 0.3) is 0 Å². The highest BCUT2D eigenvalue weighted by atomic mass is 32.2. The van der Waals surface area contributed by atoms with Crippen LogP contribution in [0.15, 0.2) is 47.4 Å². The van der Waals surface area contributed by atoms with Gasteiger partial charge in [-0.3, -0.25) is 9.59 Å². The van der Waals surface area contributed by atoms with E-state index in [1.165, 1.54) is 46.5 Å². The minimum absolute atomic E-state index is 0.0593. The maximum absolute atomic E-state index is 12.2.